The second-order valence-corrected chi connectivity index (χ2v) is 8.33. The van der Waals surface area contributed by atoms with Gasteiger partial charge >= 0.3 is 0 Å². The maximum atomic E-state index is 12.8. The zero-order valence-corrected chi connectivity index (χ0v) is 17.5. The molecule has 0 saturated carbocycles. The maximum absolute atomic E-state index is 12.8. The number of hydrogen-bond acceptors (Lipinski definition) is 4. The van der Waals surface area contributed by atoms with Crippen LogP contribution in [0.2, 0.25) is 10.0 Å². The van der Waals surface area contributed by atoms with E-state index in [2.05, 4.69) is 4.90 Å². The van der Waals surface area contributed by atoms with E-state index in [9.17, 15) is 14.4 Å². The molecule has 2 amide bonds. The number of likely N-dealkylation sites (tertiary alicyclic amines) is 2. The molecule has 1 unspecified atom stereocenters. The molecular weight excluding hydrogens is 401 g/mol. The summed E-state index contributed by atoms with van der Waals surface area (Å²) in [5, 5.41) is 0.858. The lowest BCUT2D eigenvalue weighted by Gasteiger charge is -2.28. The Morgan fingerprint density at radius 1 is 1.11 bits per heavy atom. The second kappa shape index (κ2) is 9.25. The Labute approximate surface area is 175 Å². The van der Waals surface area contributed by atoms with E-state index >= 15 is 0 Å². The topological polar surface area (TPSA) is 60.9 Å². The summed E-state index contributed by atoms with van der Waals surface area (Å²) in [5.74, 6) is -2.42. The van der Waals surface area contributed by atoms with Gasteiger partial charge < -0.3 is 14.7 Å². The molecule has 8 heteroatoms. The first kappa shape index (κ1) is 21.1. The Morgan fingerprint density at radius 3 is 2.50 bits per heavy atom. The first-order valence-corrected chi connectivity index (χ1v) is 10.4. The van der Waals surface area contributed by atoms with Crippen molar-refractivity contribution >= 4 is 40.8 Å². The van der Waals surface area contributed by atoms with Crippen molar-refractivity contribution in [2.75, 3.05) is 39.8 Å². The highest BCUT2D eigenvalue weighted by Crippen LogP contribution is 2.24. The van der Waals surface area contributed by atoms with Crippen molar-refractivity contribution in [3.05, 3.63) is 33.8 Å². The summed E-state index contributed by atoms with van der Waals surface area (Å²) in [5.41, 5.74) is 0.809. The van der Waals surface area contributed by atoms with E-state index < -0.39 is 17.6 Å². The molecule has 2 aliphatic rings. The molecule has 0 aliphatic carbocycles. The minimum Gasteiger partial charge on any atom is -0.341 e. The van der Waals surface area contributed by atoms with Crippen molar-refractivity contribution in [1.82, 2.24) is 14.7 Å². The summed E-state index contributed by atoms with van der Waals surface area (Å²) in [4.78, 5) is 42.7. The fourth-order valence-electron chi connectivity index (χ4n) is 3.78. The van der Waals surface area contributed by atoms with Gasteiger partial charge in [-0.05, 0) is 43.6 Å². The van der Waals surface area contributed by atoms with Crippen molar-refractivity contribution < 1.29 is 14.4 Å². The Bertz CT molecular complexity index is 765. The smallest absolute Gasteiger partial charge is 0.290 e. The number of ketones is 1. The Hall–Kier alpha value is -1.63. The van der Waals surface area contributed by atoms with Gasteiger partial charge in [0.05, 0.1) is 10.0 Å². The largest absolute Gasteiger partial charge is 0.341 e. The fraction of sp³-hybridized carbons (Fsp3) is 0.550. The molecule has 0 N–H and O–H groups in total. The molecule has 1 aromatic rings. The van der Waals surface area contributed by atoms with Gasteiger partial charge in [-0.15, -0.1) is 0 Å². The number of benzene rings is 1. The van der Waals surface area contributed by atoms with Crippen LogP contribution < -0.4 is 0 Å². The van der Waals surface area contributed by atoms with Crippen LogP contribution in [0.5, 0.6) is 0 Å². The van der Waals surface area contributed by atoms with E-state index in [1.807, 2.05) is 0 Å². The van der Waals surface area contributed by atoms with Crippen molar-refractivity contribution in [1.29, 1.82) is 0 Å². The first-order chi connectivity index (χ1) is 13.4. The van der Waals surface area contributed by atoms with Crippen LogP contribution in [0.4, 0.5) is 0 Å². The van der Waals surface area contributed by atoms with Gasteiger partial charge in [-0.2, -0.15) is 0 Å². The molecule has 0 bridgehead atoms. The van der Waals surface area contributed by atoms with Crippen LogP contribution in [-0.4, -0.2) is 72.1 Å². The highest BCUT2D eigenvalue weighted by atomic mass is 35.5. The lowest BCUT2D eigenvalue weighted by molar-refractivity contribution is -0.144. The molecule has 152 valence electrons. The molecule has 2 saturated heterocycles. The van der Waals surface area contributed by atoms with Gasteiger partial charge in [0.1, 0.15) is 5.92 Å². The minimum atomic E-state index is -0.929. The highest BCUT2D eigenvalue weighted by molar-refractivity contribution is 6.42. The Morgan fingerprint density at radius 2 is 1.82 bits per heavy atom. The van der Waals surface area contributed by atoms with E-state index in [0.29, 0.717) is 23.1 Å². The average Bonchev–Trinajstić information content (AvgIpc) is 2.97. The molecule has 1 atom stereocenters. The van der Waals surface area contributed by atoms with Gasteiger partial charge in [-0.25, -0.2) is 0 Å². The summed E-state index contributed by atoms with van der Waals surface area (Å²) in [6, 6.07) is 5.15. The van der Waals surface area contributed by atoms with Crippen molar-refractivity contribution in [2.45, 2.75) is 25.8 Å². The third-order valence-corrected chi connectivity index (χ3v) is 6.17. The van der Waals surface area contributed by atoms with Crippen LogP contribution in [-0.2, 0) is 20.9 Å². The summed E-state index contributed by atoms with van der Waals surface area (Å²) >= 11 is 11.9. The molecular formula is C20H25Cl2N3O3. The number of nitrogens with zero attached hydrogens (tertiary/aromatic N) is 3. The lowest BCUT2D eigenvalue weighted by atomic mass is 10.1. The van der Waals surface area contributed by atoms with Crippen LogP contribution in [0, 0.1) is 5.92 Å². The molecule has 3 rings (SSSR count). The molecule has 6 nitrogen and oxygen atoms in total. The van der Waals surface area contributed by atoms with Gasteiger partial charge in [-0.3, -0.25) is 14.4 Å². The quantitative estimate of drug-likeness (QED) is 0.518. The third-order valence-electron chi connectivity index (χ3n) is 5.43. The number of amides is 2. The summed E-state index contributed by atoms with van der Waals surface area (Å²) in [6.07, 6.45) is 3.60. The standard InChI is InChI=1S/C20H25Cl2N3O3/c1-23(12-14-5-6-16(21)17(22)11-14)19(27)15-13-25(20(28)18(15)26)10-9-24-7-3-2-4-8-24/h5-6,11,15H,2-4,7-10,12-13H2,1H3. The van der Waals surface area contributed by atoms with Crippen molar-refractivity contribution in [3.63, 3.8) is 0 Å². The molecule has 2 heterocycles. The van der Waals surface area contributed by atoms with Crippen molar-refractivity contribution in [2.24, 2.45) is 5.92 Å². The monoisotopic (exact) mass is 425 g/mol. The average molecular weight is 426 g/mol. The van der Waals surface area contributed by atoms with Gasteiger partial charge in [0.15, 0.2) is 0 Å². The van der Waals surface area contributed by atoms with Crippen LogP contribution in [0.1, 0.15) is 24.8 Å². The molecule has 0 aromatic heterocycles. The number of halogens is 2. The van der Waals surface area contributed by atoms with Crippen LogP contribution >= 0.6 is 23.2 Å². The molecule has 2 aliphatic heterocycles. The second-order valence-electron chi connectivity index (χ2n) is 7.51. The number of carbonyl (C=O) groups is 3. The molecule has 0 radical (unpaired) electrons. The van der Waals surface area contributed by atoms with Crippen LogP contribution in [0.25, 0.3) is 0 Å². The van der Waals surface area contributed by atoms with E-state index in [1.54, 1.807) is 25.2 Å². The summed E-state index contributed by atoms with van der Waals surface area (Å²) < 4.78 is 0. The van der Waals surface area contributed by atoms with Crippen LogP contribution in [0.15, 0.2) is 18.2 Å². The Balaban J connectivity index is 1.57. The summed E-state index contributed by atoms with van der Waals surface area (Å²) in [6.45, 7) is 3.76. The lowest BCUT2D eigenvalue weighted by Crippen LogP contribution is -2.39. The third kappa shape index (κ3) is 4.85. The first-order valence-electron chi connectivity index (χ1n) is 9.61. The molecule has 2 fully saturated rings. The minimum absolute atomic E-state index is 0.163. The predicted molar refractivity (Wildman–Crippen MR) is 108 cm³/mol. The number of Topliss-reactive ketones (excluding diaryl/α,β-unsaturated/α-hetero) is 1. The molecule has 28 heavy (non-hydrogen) atoms. The highest BCUT2D eigenvalue weighted by Gasteiger charge is 2.44. The SMILES string of the molecule is CN(Cc1ccc(Cl)c(Cl)c1)C(=O)C1CN(CCN2CCCCC2)C(=O)C1=O. The van der Waals surface area contributed by atoms with E-state index in [4.69, 9.17) is 23.2 Å². The van der Waals surface area contributed by atoms with E-state index in [0.717, 1.165) is 25.2 Å². The number of carbonyl (C=O) groups excluding carboxylic acids is 3. The van der Waals surface area contributed by atoms with E-state index in [-0.39, 0.29) is 12.5 Å². The zero-order valence-electron chi connectivity index (χ0n) is 16.0. The molecule has 1 aromatic carbocycles. The van der Waals surface area contributed by atoms with Gasteiger partial charge in [0.2, 0.25) is 11.7 Å². The fourth-order valence-corrected chi connectivity index (χ4v) is 4.10. The van der Waals surface area contributed by atoms with Crippen LogP contribution in [0.3, 0.4) is 0 Å². The van der Waals surface area contributed by atoms with Crippen molar-refractivity contribution in [3.8, 4) is 0 Å². The van der Waals surface area contributed by atoms with Gasteiger partial charge in [-0.1, -0.05) is 35.7 Å². The zero-order chi connectivity index (χ0) is 20.3. The van der Waals surface area contributed by atoms with Gasteiger partial charge in [0, 0.05) is 33.2 Å². The number of piperidine rings is 1. The van der Waals surface area contributed by atoms with Gasteiger partial charge in [0.25, 0.3) is 5.91 Å². The van der Waals surface area contributed by atoms with E-state index in [1.165, 1.54) is 29.1 Å². The normalized spacial score (nSPS) is 20.7. The number of hydrogen-bond donors (Lipinski definition) is 0. The summed E-state index contributed by atoms with van der Waals surface area (Å²) in [7, 11) is 1.62. The predicted octanol–water partition coefficient (Wildman–Crippen LogP) is 2.47. The Kier molecular flexibility index (Phi) is 6.96. The maximum Gasteiger partial charge on any atom is 0.290 e. The molecule has 0 spiro atoms. The number of rotatable bonds is 6.